The van der Waals surface area contributed by atoms with Crippen molar-refractivity contribution in [1.29, 1.82) is 0 Å². The van der Waals surface area contributed by atoms with Crippen molar-refractivity contribution in [1.82, 2.24) is 0 Å². The van der Waals surface area contributed by atoms with Crippen LogP contribution >= 0.6 is 11.8 Å². The van der Waals surface area contributed by atoms with E-state index in [-0.39, 0.29) is 0 Å². The van der Waals surface area contributed by atoms with Gasteiger partial charge < -0.3 is 0 Å². The Kier molecular flexibility index (Phi) is 1.40. The molecular formula is C7H12S. The van der Waals surface area contributed by atoms with Crippen molar-refractivity contribution in [2.24, 2.45) is 0 Å². The van der Waals surface area contributed by atoms with E-state index in [1.807, 2.05) is 11.8 Å². The average molecular weight is 128 g/mol. The van der Waals surface area contributed by atoms with Crippen LogP contribution in [-0.4, -0.2) is 10.5 Å². The van der Waals surface area contributed by atoms with E-state index in [0.29, 0.717) is 4.75 Å². The quantitative estimate of drug-likeness (QED) is 0.452. The van der Waals surface area contributed by atoms with Gasteiger partial charge in [0.1, 0.15) is 0 Å². The van der Waals surface area contributed by atoms with Crippen molar-refractivity contribution in [3.05, 3.63) is 12.2 Å². The fraction of sp³-hybridized carbons (Fsp3) is 0.714. The summed E-state index contributed by atoms with van der Waals surface area (Å²) in [5.41, 5.74) is 1.40. The second kappa shape index (κ2) is 1.80. The van der Waals surface area contributed by atoms with E-state index >= 15 is 0 Å². The molecule has 0 saturated carbocycles. The highest BCUT2D eigenvalue weighted by Gasteiger charge is 2.25. The zero-order chi connectivity index (χ0) is 6.20. The maximum Gasteiger partial charge on any atom is 0.0146 e. The third kappa shape index (κ3) is 1.28. The van der Waals surface area contributed by atoms with Gasteiger partial charge in [0.15, 0.2) is 0 Å². The first-order valence-corrected chi connectivity index (χ1v) is 3.89. The van der Waals surface area contributed by atoms with Crippen LogP contribution in [0.5, 0.6) is 0 Å². The van der Waals surface area contributed by atoms with Crippen LogP contribution in [-0.2, 0) is 0 Å². The Balaban J connectivity index is 2.56. The van der Waals surface area contributed by atoms with Crippen molar-refractivity contribution in [2.75, 3.05) is 5.75 Å². The minimum absolute atomic E-state index is 0.483. The monoisotopic (exact) mass is 128 g/mol. The minimum atomic E-state index is 0.483. The van der Waals surface area contributed by atoms with E-state index in [1.54, 1.807) is 0 Å². The lowest BCUT2D eigenvalue weighted by molar-refractivity contribution is 0.729. The molecule has 1 heterocycles. The predicted molar refractivity (Wildman–Crippen MR) is 40.3 cm³/mol. The van der Waals surface area contributed by atoms with E-state index in [2.05, 4.69) is 20.4 Å². The molecule has 0 radical (unpaired) electrons. The summed E-state index contributed by atoms with van der Waals surface area (Å²) in [6.45, 7) is 8.48. The average Bonchev–Trinajstić information content (AvgIpc) is 1.82. The van der Waals surface area contributed by atoms with Gasteiger partial charge in [-0.05, 0) is 6.42 Å². The number of rotatable bonds is 0. The first-order chi connectivity index (χ1) is 3.60. The number of thioether (sulfide) groups is 1. The van der Waals surface area contributed by atoms with Gasteiger partial charge in [0.05, 0.1) is 0 Å². The third-order valence-corrected chi connectivity index (χ3v) is 2.82. The number of hydrogen-bond acceptors (Lipinski definition) is 1. The lowest BCUT2D eigenvalue weighted by Gasteiger charge is -2.12. The van der Waals surface area contributed by atoms with Crippen molar-refractivity contribution < 1.29 is 0 Å². The summed E-state index contributed by atoms with van der Waals surface area (Å²) in [5.74, 6) is 1.17. The lowest BCUT2D eigenvalue weighted by atomic mass is 10.1. The molecule has 0 N–H and O–H groups in total. The molecule has 1 aliphatic heterocycles. The van der Waals surface area contributed by atoms with E-state index in [0.717, 1.165) is 0 Å². The SMILES string of the molecule is C=C1CSC(C)(C)C1. The highest BCUT2D eigenvalue weighted by Crippen LogP contribution is 2.39. The van der Waals surface area contributed by atoms with Crippen LogP contribution in [0.1, 0.15) is 20.3 Å². The fourth-order valence-electron chi connectivity index (χ4n) is 1.00. The Hall–Kier alpha value is 0.0900. The Labute approximate surface area is 55.4 Å². The van der Waals surface area contributed by atoms with Gasteiger partial charge >= 0.3 is 0 Å². The normalized spacial score (nSPS) is 26.5. The van der Waals surface area contributed by atoms with Gasteiger partial charge in [-0.1, -0.05) is 26.0 Å². The molecule has 1 saturated heterocycles. The van der Waals surface area contributed by atoms with E-state index in [4.69, 9.17) is 0 Å². The standard InChI is InChI=1S/C7H12S/c1-6-4-7(2,3)8-5-6/h1,4-5H2,2-3H3. The molecule has 0 amide bonds. The smallest absolute Gasteiger partial charge is 0.0146 e. The highest BCUT2D eigenvalue weighted by molar-refractivity contribution is 8.01. The molecule has 0 aromatic rings. The van der Waals surface area contributed by atoms with Crippen LogP contribution < -0.4 is 0 Å². The van der Waals surface area contributed by atoms with Gasteiger partial charge in [-0.25, -0.2) is 0 Å². The van der Waals surface area contributed by atoms with Gasteiger partial charge in [-0.2, -0.15) is 11.8 Å². The summed E-state index contributed by atoms with van der Waals surface area (Å²) in [4.78, 5) is 0. The van der Waals surface area contributed by atoms with E-state index in [1.165, 1.54) is 17.7 Å². The summed E-state index contributed by atoms with van der Waals surface area (Å²) in [7, 11) is 0. The molecule has 1 rings (SSSR count). The van der Waals surface area contributed by atoms with Crippen LogP contribution in [0.15, 0.2) is 12.2 Å². The van der Waals surface area contributed by atoms with E-state index < -0.39 is 0 Å². The topological polar surface area (TPSA) is 0 Å². The molecule has 8 heavy (non-hydrogen) atoms. The number of hydrogen-bond donors (Lipinski definition) is 0. The molecule has 0 bridgehead atoms. The van der Waals surface area contributed by atoms with Crippen LogP contribution in [0.2, 0.25) is 0 Å². The molecule has 0 unspecified atom stereocenters. The molecule has 0 aromatic carbocycles. The third-order valence-electron chi connectivity index (χ3n) is 1.34. The van der Waals surface area contributed by atoms with Crippen LogP contribution in [0.3, 0.4) is 0 Å². The summed E-state index contributed by atoms with van der Waals surface area (Å²) in [6.07, 6.45) is 1.21. The second-order valence-corrected chi connectivity index (χ2v) is 4.66. The lowest BCUT2D eigenvalue weighted by Crippen LogP contribution is -2.07. The van der Waals surface area contributed by atoms with Crippen molar-refractivity contribution in [3.8, 4) is 0 Å². The summed E-state index contributed by atoms with van der Waals surface area (Å²) in [5, 5.41) is 0. The first-order valence-electron chi connectivity index (χ1n) is 2.91. The molecular weight excluding hydrogens is 116 g/mol. The van der Waals surface area contributed by atoms with Gasteiger partial charge in [0.25, 0.3) is 0 Å². The van der Waals surface area contributed by atoms with E-state index in [9.17, 15) is 0 Å². The summed E-state index contributed by atoms with van der Waals surface area (Å²) >= 11 is 2.01. The summed E-state index contributed by atoms with van der Waals surface area (Å²) < 4.78 is 0.483. The largest absolute Gasteiger partial charge is 0.151 e. The van der Waals surface area contributed by atoms with Crippen LogP contribution in [0.4, 0.5) is 0 Å². The Morgan fingerprint density at radius 2 is 2.25 bits per heavy atom. The van der Waals surface area contributed by atoms with Crippen molar-refractivity contribution in [3.63, 3.8) is 0 Å². The van der Waals surface area contributed by atoms with Crippen LogP contribution in [0.25, 0.3) is 0 Å². The van der Waals surface area contributed by atoms with Gasteiger partial charge in [-0.3, -0.25) is 0 Å². The fourth-order valence-corrected chi connectivity index (χ4v) is 2.00. The molecule has 0 spiro atoms. The molecule has 0 aliphatic carbocycles. The van der Waals surface area contributed by atoms with Gasteiger partial charge in [-0.15, -0.1) is 0 Å². The Morgan fingerprint density at radius 3 is 2.38 bits per heavy atom. The highest BCUT2D eigenvalue weighted by atomic mass is 32.2. The molecule has 0 atom stereocenters. The zero-order valence-corrected chi connectivity index (χ0v) is 6.35. The summed E-state index contributed by atoms with van der Waals surface area (Å²) in [6, 6.07) is 0. The first kappa shape index (κ1) is 6.21. The van der Waals surface area contributed by atoms with Crippen LogP contribution in [0, 0.1) is 0 Å². The van der Waals surface area contributed by atoms with Crippen molar-refractivity contribution in [2.45, 2.75) is 25.0 Å². The molecule has 1 fully saturated rings. The molecule has 1 aliphatic rings. The van der Waals surface area contributed by atoms with Crippen molar-refractivity contribution >= 4 is 11.8 Å². The molecule has 46 valence electrons. The zero-order valence-electron chi connectivity index (χ0n) is 5.53. The predicted octanol–water partition coefficient (Wildman–Crippen LogP) is 2.46. The maximum atomic E-state index is 3.93. The maximum absolute atomic E-state index is 3.93. The molecule has 1 heteroatoms. The molecule has 0 aromatic heterocycles. The Morgan fingerprint density at radius 1 is 1.62 bits per heavy atom. The Bertz CT molecular complexity index is 114. The molecule has 0 nitrogen and oxygen atoms in total. The van der Waals surface area contributed by atoms with Gasteiger partial charge in [0, 0.05) is 10.5 Å². The van der Waals surface area contributed by atoms with Gasteiger partial charge in [0.2, 0.25) is 0 Å². The second-order valence-electron chi connectivity index (χ2n) is 2.98. The minimum Gasteiger partial charge on any atom is -0.151 e.